The molecule has 3 heterocycles. The Labute approximate surface area is 210 Å². The maximum atomic E-state index is 5.56. The highest BCUT2D eigenvalue weighted by molar-refractivity contribution is 5.84. The predicted molar refractivity (Wildman–Crippen MR) is 140 cm³/mol. The number of aryl methyl sites for hydroxylation is 1. The van der Waals surface area contributed by atoms with Crippen molar-refractivity contribution in [3.05, 3.63) is 53.6 Å². The van der Waals surface area contributed by atoms with Crippen molar-refractivity contribution in [1.82, 2.24) is 15.0 Å². The smallest absolute Gasteiger partial charge is 0.347 e. The van der Waals surface area contributed by atoms with E-state index in [-0.39, 0.29) is 0 Å². The van der Waals surface area contributed by atoms with Crippen LogP contribution in [0.1, 0.15) is 11.1 Å². The Morgan fingerprint density at radius 2 is 1.81 bits per heavy atom. The van der Waals surface area contributed by atoms with Gasteiger partial charge in [0.15, 0.2) is 17.0 Å². The maximum absolute atomic E-state index is 5.56. The Bertz CT molecular complexity index is 1320. The molecule has 188 valence electrons. The average molecular weight is 491 g/mol. The molecule has 0 atom stereocenters. The van der Waals surface area contributed by atoms with E-state index >= 15 is 0 Å². The molecule has 2 aromatic heterocycles. The molecule has 36 heavy (non-hydrogen) atoms. The highest BCUT2D eigenvalue weighted by atomic mass is 16.5. The molecule has 0 amide bonds. The molecule has 1 fully saturated rings. The topological polar surface area (TPSA) is 111 Å². The number of rotatable bonds is 9. The van der Waals surface area contributed by atoms with Crippen LogP contribution in [0.5, 0.6) is 11.5 Å². The largest absolute Gasteiger partial charge is 0.493 e. The third-order valence-corrected chi connectivity index (χ3v) is 6.17. The summed E-state index contributed by atoms with van der Waals surface area (Å²) in [6.45, 7) is 5.70. The highest BCUT2D eigenvalue weighted by Gasteiger charge is 2.24. The van der Waals surface area contributed by atoms with E-state index in [9.17, 15) is 0 Å². The molecule has 0 saturated carbocycles. The van der Waals surface area contributed by atoms with Crippen molar-refractivity contribution in [2.24, 2.45) is 0 Å². The second-order valence-electron chi connectivity index (χ2n) is 8.67. The number of morpholine rings is 1. The number of nitrogens with zero attached hydrogens (tertiary/aromatic N) is 3. The molecule has 1 aliphatic heterocycles. The summed E-state index contributed by atoms with van der Waals surface area (Å²) in [6.07, 6.45) is 0.793. The lowest BCUT2D eigenvalue weighted by Crippen LogP contribution is -2.40. The van der Waals surface area contributed by atoms with Crippen molar-refractivity contribution >= 4 is 34.6 Å². The number of methoxy groups -OCH3 is 2. The first-order chi connectivity index (χ1) is 17.6. The van der Waals surface area contributed by atoms with Gasteiger partial charge in [0, 0.05) is 5.69 Å². The summed E-state index contributed by atoms with van der Waals surface area (Å²) in [7, 11) is 3.28. The first-order valence-electron chi connectivity index (χ1n) is 12.1. The van der Waals surface area contributed by atoms with Gasteiger partial charge in [-0.1, -0.05) is 28.7 Å². The summed E-state index contributed by atoms with van der Waals surface area (Å²) in [5.74, 6) is 3.70. The fourth-order valence-electron chi connectivity index (χ4n) is 4.22. The third-order valence-electron chi connectivity index (χ3n) is 6.17. The van der Waals surface area contributed by atoms with Crippen molar-refractivity contribution in [2.75, 3.05) is 62.6 Å². The van der Waals surface area contributed by atoms with Gasteiger partial charge in [0.05, 0.1) is 47.1 Å². The van der Waals surface area contributed by atoms with Crippen LogP contribution in [0.2, 0.25) is 0 Å². The molecule has 4 N–H and O–H groups in total. The molecule has 1 saturated heterocycles. The number of nitrogens with one attached hydrogen (secondary N) is 4. The summed E-state index contributed by atoms with van der Waals surface area (Å²) in [5, 5.41) is 6.77. The fourth-order valence-corrected chi connectivity index (χ4v) is 4.22. The molecule has 4 aromatic rings. The number of anilines is 4. The van der Waals surface area contributed by atoms with Crippen molar-refractivity contribution in [1.29, 1.82) is 0 Å². The van der Waals surface area contributed by atoms with Gasteiger partial charge in [-0.3, -0.25) is 5.32 Å². The van der Waals surface area contributed by atoms with E-state index < -0.39 is 0 Å². The van der Waals surface area contributed by atoms with Crippen LogP contribution in [-0.2, 0) is 11.2 Å². The second kappa shape index (κ2) is 10.7. The standard InChI is InChI=1S/C26H31N7O3/c1-17-4-7-19(8-5-17)28-26-29-22-23(31-26)30-25(32-24(22)33-12-14-36-15-13-33)27-11-10-18-6-9-20(34-2)21(16-18)35-3/h4-9,16H,10-15H2,1-3H3,(H3,27,28,29,30,31,32)/p+1. The molecule has 5 rings (SSSR count). The van der Waals surface area contributed by atoms with Crippen LogP contribution >= 0.6 is 0 Å². The van der Waals surface area contributed by atoms with Crippen molar-refractivity contribution in [2.45, 2.75) is 13.3 Å². The zero-order valence-corrected chi connectivity index (χ0v) is 20.9. The van der Waals surface area contributed by atoms with Gasteiger partial charge in [-0.15, -0.1) is 0 Å². The molecule has 2 aromatic carbocycles. The van der Waals surface area contributed by atoms with Gasteiger partial charge in [0.25, 0.3) is 0 Å². The van der Waals surface area contributed by atoms with Crippen LogP contribution in [0.15, 0.2) is 42.5 Å². The number of H-pyrrole nitrogens is 2. The van der Waals surface area contributed by atoms with Gasteiger partial charge in [-0.2, -0.15) is 4.98 Å². The number of ether oxygens (including phenoxy) is 3. The van der Waals surface area contributed by atoms with Gasteiger partial charge in [-0.05, 0) is 43.2 Å². The van der Waals surface area contributed by atoms with Crippen LogP contribution in [0.4, 0.5) is 23.4 Å². The maximum Gasteiger partial charge on any atom is 0.347 e. The van der Waals surface area contributed by atoms with E-state index in [2.05, 4.69) is 44.6 Å². The Balaban J connectivity index is 1.37. The Morgan fingerprint density at radius 3 is 2.56 bits per heavy atom. The number of aromatic amines is 2. The first kappa shape index (κ1) is 23.7. The van der Waals surface area contributed by atoms with Gasteiger partial charge in [-0.25, -0.2) is 4.98 Å². The zero-order valence-electron chi connectivity index (χ0n) is 20.9. The Morgan fingerprint density at radius 1 is 1.03 bits per heavy atom. The highest BCUT2D eigenvalue weighted by Crippen LogP contribution is 2.28. The van der Waals surface area contributed by atoms with E-state index in [1.807, 2.05) is 30.3 Å². The lowest BCUT2D eigenvalue weighted by Gasteiger charge is -2.24. The second-order valence-corrected chi connectivity index (χ2v) is 8.67. The summed E-state index contributed by atoms with van der Waals surface area (Å²) in [4.78, 5) is 18.6. The van der Waals surface area contributed by atoms with Gasteiger partial charge < -0.3 is 29.4 Å². The quantitative estimate of drug-likeness (QED) is 0.328. The van der Waals surface area contributed by atoms with Crippen LogP contribution < -0.4 is 30.0 Å². The molecule has 10 heteroatoms. The van der Waals surface area contributed by atoms with Crippen molar-refractivity contribution < 1.29 is 19.2 Å². The van der Waals surface area contributed by atoms with Crippen LogP contribution in [-0.4, -0.2) is 62.0 Å². The zero-order chi connectivity index (χ0) is 24.9. The van der Waals surface area contributed by atoms with Crippen LogP contribution in [0.25, 0.3) is 11.2 Å². The normalized spacial score (nSPS) is 13.6. The molecule has 0 unspecified atom stereocenters. The number of aromatic nitrogens is 4. The van der Waals surface area contributed by atoms with Crippen molar-refractivity contribution in [3.63, 3.8) is 0 Å². The van der Waals surface area contributed by atoms with Crippen LogP contribution in [0, 0.1) is 6.92 Å². The van der Waals surface area contributed by atoms with E-state index in [1.165, 1.54) is 5.56 Å². The molecular weight excluding hydrogens is 458 g/mol. The minimum atomic E-state index is 0.637. The molecule has 1 aliphatic rings. The lowest BCUT2D eigenvalue weighted by molar-refractivity contribution is -0.349. The fraction of sp³-hybridized carbons (Fsp3) is 0.346. The molecule has 0 spiro atoms. The number of hydrogen-bond donors (Lipinski definition) is 3. The number of benzene rings is 2. The van der Waals surface area contributed by atoms with E-state index in [0.717, 1.165) is 53.6 Å². The molecule has 10 nitrogen and oxygen atoms in total. The minimum absolute atomic E-state index is 0.637. The van der Waals surface area contributed by atoms with Crippen molar-refractivity contribution in [3.8, 4) is 11.5 Å². The van der Waals surface area contributed by atoms with E-state index in [0.29, 0.717) is 37.3 Å². The number of imidazole rings is 1. The van der Waals surface area contributed by atoms with E-state index in [4.69, 9.17) is 24.2 Å². The molecule has 0 bridgehead atoms. The third kappa shape index (κ3) is 5.28. The first-order valence-corrected chi connectivity index (χ1v) is 12.1. The summed E-state index contributed by atoms with van der Waals surface area (Å²) in [5.41, 5.74) is 4.80. The molecule has 0 aliphatic carbocycles. The molecule has 0 radical (unpaired) electrons. The van der Waals surface area contributed by atoms with Gasteiger partial charge >= 0.3 is 5.95 Å². The van der Waals surface area contributed by atoms with E-state index in [1.54, 1.807) is 14.2 Å². The SMILES string of the molecule is COc1ccc(CCNc2nc3nc(Nc4ccc(C)cc4)[nH]c3c(N3CCOCC3)[nH+]2)cc1OC. The minimum Gasteiger partial charge on any atom is -0.493 e. The molecular formula is C26H32N7O3+. The number of hydrogen-bond acceptors (Lipinski definition) is 8. The lowest BCUT2D eigenvalue weighted by atomic mass is 10.1. The monoisotopic (exact) mass is 490 g/mol. The van der Waals surface area contributed by atoms with Crippen LogP contribution in [0.3, 0.4) is 0 Å². The summed E-state index contributed by atoms with van der Waals surface area (Å²) < 4.78 is 16.3. The predicted octanol–water partition coefficient (Wildman–Crippen LogP) is 3.33. The Kier molecular flexibility index (Phi) is 7.03. The number of fused-ring (bicyclic) bond motifs is 1. The Hall–Kier alpha value is -4.05. The summed E-state index contributed by atoms with van der Waals surface area (Å²) >= 11 is 0. The van der Waals surface area contributed by atoms with Gasteiger partial charge in [0.1, 0.15) is 0 Å². The van der Waals surface area contributed by atoms with Gasteiger partial charge in [0.2, 0.25) is 17.4 Å². The average Bonchev–Trinajstić information content (AvgIpc) is 3.32. The summed E-state index contributed by atoms with van der Waals surface area (Å²) in [6, 6.07) is 14.2.